The Bertz CT molecular complexity index is 841. The molecular formula is C16H11FINO2. The number of aryl methyl sites for hydroxylation is 1. The number of carbonyl (C=O) groups excluding carboxylic acids is 1. The Labute approximate surface area is 134 Å². The first-order valence-electron chi connectivity index (χ1n) is 6.29. The van der Waals surface area contributed by atoms with Crippen LogP contribution in [0, 0.1) is 16.3 Å². The van der Waals surface area contributed by atoms with Gasteiger partial charge in [-0.2, -0.15) is 0 Å². The van der Waals surface area contributed by atoms with Gasteiger partial charge in [0.1, 0.15) is 11.4 Å². The van der Waals surface area contributed by atoms with Crippen molar-refractivity contribution >= 4 is 45.2 Å². The average molecular weight is 395 g/mol. The summed E-state index contributed by atoms with van der Waals surface area (Å²) in [7, 11) is 0. The Morgan fingerprint density at radius 2 is 2.00 bits per heavy atom. The van der Waals surface area contributed by atoms with Crippen LogP contribution in [-0.4, -0.2) is 5.91 Å². The highest BCUT2D eigenvalue weighted by Crippen LogP contribution is 2.23. The molecule has 1 aromatic heterocycles. The van der Waals surface area contributed by atoms with Gasteiger partial charge in [0, 0.05) is 8.96 Å². The van der Waals surface area contributed by atoms with Crippen LogP contribution < -0.4 is 5.32 Å². The zero-order valence-corrected chi connectivity index (χ0v) is 13.3. The van der Waals surface area contributed by atoms with Crippen LogP contribution in [-0.2, 0) is 0 Å². The molecule has 0 aliphatic carbocycles. The maximum atomic E-state index is 13.0. The van der Waals surface area contributed by atoms with Crippen LogP contribution in [0.1, 0.15) is 16.1 Å². The van der Waals surface area contributed by atoms with E-state index in [0.29, 0.717) is 14.8 Å². The summed E-state index contributed by atoms with van der Waals surface area (Å²) < 4.78 is 19.2. The van der Waals surface area contributed by atoms with Crippen molar-refractivity contribution in [3.63, 3.8) is 0 Å². The summed E-state index contributed by atoms with van der Waals surface area (Å²) in [5, 5.41) is 3.61. The van der Waals surface area contributed by atoms with Gasteiger partial charge in [-0.05, 0) is 65.9 Å². The highest BCUT2D eigenvalue weighted by molar-refractivity contribution is 14.1. The molecule has 1 heterocycles. The van der Waals surface area contributed by atoms with E-state index in [9.17, 15) is 9.18 Å². The molecule has 0 spiro atoms. The minimum absolute atomic E-state index is 0.232. The molecule has 5 heteroatoms. The van der Waals surface area contributed by atoms with Gasteiger partial charge in [-0.25, -0.2) is 4.39 Å². The zero-order chi connectivity index (χ0) is 15.0. The van der Waals surface area contributed by atoms with E-state index >= 15 is 0 Å². The largest absolute Gasteiger partial charge is 0.451 e. The van der Waals surface area contributed by atoms with E-state index in [0.717, 1.165) is 10.9 Å². The Morgan fingerprint density at radius 1 is 1.19 bits per heavy atom. The van der Waals surface area contributed by atoms with Crippen LogP contribution >= 0.6 is 22.6 Å². The molecule has 0 aliphatic rings. The predicted octanol–water partition coefficient (Wildman–Crippen LogP) is 4.74. The van der Waals surface area contributed by atoms with Gasteiger partial charge in [0.25, 0.3) is 5.91 Å². The quantitative estimate of drug-likeness (QED) is 0.638. The normalized spacial score (nSPS) is 10.8. The van der Waals surface area contributed by atoms with Crippen LogP contribution in [0.4, 0.5) is 10.1 Å². The fraction of sp³-hybridized carbons (Fsp3) is 0.0625. The third-order valence-electron chi connectivity index (χ3n) is 3.07. The first-order chi connectivity index (χ1) is 10.0. The van der Waals surface area contributed by atoms with E-state index in [4.69, 9.17) is 4.42 Å². The van der Waals surface area contributed by atoms with Gasteiger partial charge in [-0.3, -0.25) is 4.79 Å². The van der Waals surface area contributed by atoms with Crippen molar-refractivity contribution < 1.29 is 13.6 Å². The highest BCUT2D eigenvalue weighted by atomic mass is 127. The lowest BCUT2D eigenvalue weighted by Gasteiger charge is -2.05. The number of fused-ring (bicyclic) bond motifs is 1. The lowest BCUT2D eigenvalue weighted by molar-refractivity contribution is 0.0998. The second-order valence-corrected chi connectivity index (χ2v) is 5.89. The topological polar surface area (TPSA) is 42.2 Å². The second kappa shape index (κ2) is 5.48. The molecule has 0 unspecified atom stereocenters. The second-order valence-electron chi connectivity index (χ2n) is 4.73. The number of halogens is 2. The van der Waals surface area contributed by atoms with Gasteiger partial charge < -0.3 is 9.73 Å². The van der Waals surface area contributed by atoms with Crippen LogP contribution in [0.5, 0.6) is 0 Å². The maximum absolute atomic E-state index is 13.0. The van der Waals surface area contributed by atoms with Crippen LogP contribution in [0.3, 0.4) is 0 Å². The van der Waals surface area contributed by atoms with Gasteiger partial charge in [0.05, 0.1) is 5.69 Å². The summed E-state index contributed by atoms with van der Waals surface area (Å²) in [5.41, 5.74) is 2.32. The number of nitrogens with one attached hydrogen (secondary N) is 1. The Balaban J connectivity index is 1.89. The molecule has 106 valence electrons. The predicted molar refractivity (Wildman–Crippen MR) is 88.0 cm³/mol. The van der Waals surface area contributed by atoms with Crippen molar-refractivity contribution in [1.82, 2.24) is 0 Å². The van der Waals surface area contributed by atoms with E-state index in [1.807, 2.05) is 47.7 Å². The lowest BCUT2D eigenvalue weighted by Crippen LogP contribution is -2.11. The SMILES string of the molecule is Cc1ccc2oc(C(=O)Nc3ccc(F)cc3I)cc2c1. The highest BCUT2D eigenvalue weighted by Gasteiger charge is 2.14. The molecule has 0 atom stereocenters. The summed E-state index contributed by atoms with van der Waals surface area (Å²) in [4.78, 5) is 12.2. The molecule has 21 heavy (non-hydrogen) atoms. The first kappa shape index (κ1) is 14.1. The molecule has 0 bridgehead atoms. The molecule has 0 saturated carbocycles. The summed E-state index contributed by atoms with van der Waals surface area (Å²) >= 11 is 1.97. The summed E-state index contributed by atoms with van der Waals surface area (Å²) in [5.74, 6) is -0.458. The number of furan rings is 1. The van der Waals surface area contributed by atoms with Crippen LogP contribution in [0.2, 0.25) is 0 Å². The Kier molecular flexibility index (Phi) is 3.67. The van der Waals surface area contributed by atoms with E-state index in [1.165, 1.54) is 18.2 Å². The minimum atomic E-state index is -0.353. The van der Waals surface area contributed by atoms with E-state index in [-0.39, 0.29) is 17.5 Å². The molecular weight excluding hydrogens is 384 g/mol. The number of hydrogen-bond donors (Lipinski definition) is 1. The Morgan fingerprint density at radius 3 is 2.76 bits per heavy atom. The van der Waals surface area contributed by atoms with Crippen molar-refractivity contribution in [2.45, 2.75) is 6.92 Å². The average Bonchev–Trinajstić information content (AvgIpc) is 2.85. The number of carbonyl (C=O) groups is 1. The van der Waals surface area contributed by atoms with Crippen LogP contribution in [0.25, 0.3) is 11.0 Å². The number of anilines is 1. The van der Waals surface area contributed by atoms with Crippen molar-refractivity contribution in [3.05, 3.63) is 63.2 Å². The number of hydrogen-bond acceptors (Lipinski definition) is 2. The summed E-state index contributed by atoms with van der Waals surface area (Å²) in [6, 6.07) is 11.6. The molecule has 0 aliphatic heterocycles. The third kappa shape index (κ3) is 2.92. The molecule has 2 aromatic carbocycles. The van der Waals surface area contributed by atoms with E-state index in [2.05, 4.69) is 5.32 Å². The maximum Gasteiger partial charge on any atom is 0.291 e. The monoisotopic (exact) mass is 395 g/mol. The molecule has 0 saturated heterocycles. The fourth-order valence-corrected chi connectivity index (χ4v) is 2.66. The number of rotatable bonds is 2. The molecule has 1 amide bonds. The van der Waals surface area contributed by atoms with Crippen LogP contribution in [0.15, 0.2) is 46.9 Å². The number of benzene rings is 2. The van der Waals surface area contributed by atoms with Gasteiger partial charge in [0.15, 0.2) is 5.76 Å². The molecule has 3 nitrogen and oxygen atoms in total. The Hall–Kier alpha value is -1.89. The van der Waals surface area contributed by atoms with E-state index < -0.39 is 0 Å². The fourth-order valence-electron chi connectivity index (χ4n) is 2.05. The molecule has 1 N–H and O–H groups in total. The van der Waals surface area contributed by atoms with E-state index in [1.54, 1.807) is 6.07 Å². The molecule has 0 radical (unpaired) electrons. The minimum Gasteiger partial charge on any atom is -0.451 e. The van der Waals surface area contributed by atoms with Gasteiger partial charge >= 0.3 is 0 Å². The van der Waals surface area contributed by atoms with Crippen molar-refractivity contribution in [1.29, 1.82) is 0 Å². The number of amides is 1. The smallest absolute Gasteiger partial charge is 0.291 e. The standard InChI is InChI=1S/C16H11FINO2/c1-9-2-5-14-10(6-9)7-15(21-14)16(20)19-13-4-3-11(17)8-12(13)18/h2-8H,1H3,(H,19,20). The summed E-state index contributed by atoms with van der Waals surface area (Å²) in [6.45, 7) is 1.98. The third-order valence-corrected chi connectivity index (χ3v) is 3.97. The van der Waals surface area contributed by atoms with Crippen molar-refractivity contribution in [2.24, 2.45) is 0 Å². The summed E-state index contributed by atoms with van der Waals surface area (Å²) in [6.07, 6.45) is 0. The van der Waals surface area contributed by atoms with Gasteiger partial charge in [-0.15, -0.1) is 0 Å². The lowest BCUT2D eigenvalue weighted by atomic mass is 10.2. The zero-order valence-electron chi connectivity index (χ0n) is 11.1. The van der Waals surface area contributed by atoms with Gasteiger partial charge in [-0.1, -0.05) is 11.6 Å². The molecule has 0 fully saturated rings. The molecule has 3 aromatic rings. The molecule has 3 rings (SSSR count). The first-order valence-corrected chi connectivity index (χ1v) is 7.37. The van der Waals surface area contributed by atoms with Gasteiger partial charge in [0.2, 0.25) is 0 Å². The van der Waals surface area contributed by atoms with Crippen molar-refractivity contribution in [2.75, 3.05) is 5.32 Å². The van der Waals surface area contributed by atoms with Crippen molar-refractivity contribution in [3.8, 4) is 0 Å².